The quantitative estimate of drug-likeness (QED) is 0.107. The molecule has 16 aromatic rings. The fraction of sp³-hybridized carbons (Fsp3) is 0. The lowest BCUT2D eigenvalue weighted by atomic mass is 9.99. The van der Waals surface area contributed by atoms with Gasteiger partial charge in [0.25, 0.3) is 5.52 Å². The van der Waals surface area contributed by atoms with Crippen LogP contribution in [-0.4, -0.2) is 4.98 Å². The summed E-state index contributed by atoms with van der Waals surface area (Å²) in [5.74, 6) is 0. The molecule has 0 unspecified atom stereocenters. The summed E-state index contributed by atoms with van der Waals surface area (Å²) in [6.45, 7) is 0. The molecule has 0 aliphatic carbocycles. The number of pyridine rings is 2. The molecule has 4 heterocycles. The molecule has 6 nitrogen and oxygen atoms in total. The van der Waals surface area contributed by atoms with E-state index in [4.69, 9.17) is 8.83 Å². The van der Waals surface area contributed by atoms with E-state index >= 15 is 0 Å². The third kappa shape index (κ3) is 7.42. The molecule has 0 fully saturated rings. The first-order chi connectivity index (χ1) is 39.7. The third-order valence-electron chi connectivity index (χ3n) is 16.0. The molecule has 0 amide bonds. The van der Waals surface area contributed by atoms with Crippen LogP contribution in [0, 0.1) is 0 Å². The molecule has 374 valence electrons. The van der Waals surface area contributed by atoms with Gasteiger partial charge in [-0.05, 0) is 145 Å². The minimum Gasteiger partial charge on any atom is -0.452 e. The zero-order valence-electron chi connectivity index (χ0n) is 43.2. The number of nitrogens with zero attached hydrogens (tertiary/aromatic N) is 4. The first-order valence-corrected chi connectivity index (χ1v) is 27.1. The van der Waals surface area contributed by atoms with Crippen molar-refractivity contribution in [2.75, 3.05) is 9.80 Å². The van der Waals surface area contributed by atoms with Crippen molar-refractivity contribution in [3.05, 3.63) is 286 Å². The molecule has 16 rings (SSSR count). The molecule has 6 heteroatoms. The van der Waals surface area contributed by atoms with E-state index < -0.39 is 0 Å². The maximum atomic E-state index is 7.11. The number of hydrogen-bond acceptors (Lipinski definition) is 5. The maximum absolute atomic E-state index is 7.11. The highest BCUT2D eigenvalue weighted by atomic mass is 16.3. The van der Waals surface area contributed by atoms with Gasteiger partial charge in [-0.2, -0.15) is 4.57 Å². The smallest absolute Gasteiger partial charge is 0.265 e. The van der Waals surface area contributed by atoms with Crippen LogP contribution in [-0.2, 0) is 0 Å². The van der Waals surface area contributed by atoms with Gasteiger partial charge in [-0.15, -0.1) is 0 Å². The van der Waals surface area contributed by atoms with Crippen LogP contribution in [0.3, 0.4) is 0 Å². The predicted molar refractivity (Wildman–Crippen MR) is 331 cm³/mol. The number of para-hydroxylation sites is 2. The molecular formula is C74H47N4O2+. The Hall–Kier alpha value is -10.8. The molecule has 0 radical (unpaired) electrons. The van der Waals surface area contributed by atoms with Crippen LogP contribution in [0.1, 0.15) is 0 Å². The Kier molecular flexibility index (Phi) is 10.5. The zero-order chi connectivity index (χ0) is 52.7. The van der Waals surface area contributed by atoms with E-state index in [1.54, 1.807) is 6.20 Å². The molecular weight excluding hydrogens is 977 g/mol. The van der Waals surface area contributed by atoms with Crippen LogP contribution in [0.4, 0.5) is 34.1 Å². The largest absolute Gasteiger partial charge is 0.452 e. The number of anilines is 6. The van der Waals surface area contributed by atoms with E-state index in [1.807, 2.05) is 12.3 Å². The fourth-order valence-electron chi connectivity index (χ4n) is 12.2. The average Bonchev–Trinajstić information content (AvgIpc) is 4.21. The molecule has 0 spiro atoms. The van der Waals surface area contributed by atoms with E-state index in [2.05, 4.69) is 286 Å². The average molecular weight is 1020 g/mol. The van der Waals surface area contributed by atoms with E-state index in [9.17, 15) is 0 Å². The third-order valence-corrected chi connectivity index (χ3v) is 16.0. The molecule has 80 heavy (non-hydrogen) atoms. The molecule has 4 aromatic heterocycles. The van der Waals surface area contributed by atoms with Crippen molar-refractivity contribution in [2.45, 2.75) is 0 Å². The second-order valence-corrected chi connectivity index (χ2v) is 20.5. The number of rotatable bonds is 9. The summed E-state index contributed by atoms with van der Waals surface area (Å²) in [4.78, 5) is 9.04. The van der Waals surface area contributed by atoms with E-state index in [-0.39, 0.29) is 0 Å². The van der Waals surface area contributed by atoms with Crippen molar-refractivity contribution in [3.63, 3.8) is 0 Å². The van der Waals surface area contributed by atoms with Crippen molar-refractivity contribution in [3.8, 4) is 27.9 Å². The molecule has 0 saturated heterocycles. The molecule has 0 aliphatic heterocycles. The maximum Gasteiger partial charge on any atom is 0.265 e. The highest BCUT2D eigenvalue weighted by Crippen LogP contribution is 2.46. The second-order valence-electron chi connectivity index (χ2n) is 20.5. The number of aromatic nitrogens is 2. The van der Waals surface area contributed by atoms with Crippen molar-refractivity contribution in [2.24, 2.45) is 0 Å². The first-order valence-electron chi connectivity index (χ1n) is 27.1. The molecule has 12 aromatic carbocycles. The monoisotopic (exact) mass is 1020 g/mol. The second kappa shape index (κ2) is 18.4. The zero-order valence-corrected chi connectivity index (χ0v) is 43.2. The van der Waals surface area contributed by atoms with E-state index in [0.29, 0.717) is 0 Å². The van der Waals surface area contributed by atoms with Crippen molar-refractivity contribution < 1.29 is 13.4 Å². The van der Waals surface area contributed by atoms with Gasteiger partial charge in [-0.1, -0.05) is 170 Å². The SMILES string of the molecule is c1ccc(-c2ccc(N(c3ccc4c(ccc5c(-[n+]6cccc7oc8c(N(c9ccc(-c%10ccccc%10)cc9)c9ccc%10ccc%11ccccc%11c%10c9)cccc8c76)cccc54)c3)c3cccc4c3oc3cnccc34)cc2)cc1. The fourth-order valence-corrected chi connectivity index (χ4v) is 12.2. The van der Waals surface area contributed by atoms with E-state index in [1.165, 1.54) is 32.7 Å². The van der Waals surface area contributed by atoms with E-state index in [0.717, 1.165) is 116 Å². The number of furan rings is 2. The Morgan fingerprint density at radius 3 is 1.57 bits per heavy atom. The normalized spacial score (nSPS) is 11.8. The van der Waals surface area contributed by atoms with Gasteiger partial charge in [0.15, 0.2) is 28.5 Å². The Morgan fingerprint density at radius 1 is 0.312 bits per heavy atom. The summed E-state index contributed by atoms with van der Waals surface area (Å²) >= 11 is 0. The van der Waals surface area contributed by atoms with Crippen molar-refractivity contribution in [1.82, 2.24) is 4.98 Å². The van der Waals surface area contributed by atoms with Crippen molar-refractivity contribution >= 4 is 121 Å². The predicted octanol–water partition coefficient (Wildman–Crippen LogP) is 20.0. The number of benzene rings is 12. The van der Waals surface area contributed by atoms with Crippen molar-refractivity contribution in [1.29, 1.82) is 0 Å². The minimum atomic E-state index is 0.759. The van der Waals surface area contributed by atoms with Crippen LogP contribution < -0.4 is 14.4 Å². The lowest BCUT2D eigenvalue weighted by Crippen LogP contribution is -2.30. The standard InChI is InChI=1S/C74H47N4O2/c1-3-13-48(14-4-1)50-28-34-55(35-29-50)77(68-23-10-20-64-63-42-43-75-47-71(63)80-73(64)68)57-39-41-60-54(45-57)33-40-62-61(60)19-9-22-67(62)76-44-12-25-70-72(76)65-21-11-24-69(74(65)79-70)78(56-36-30-51(31-37-56)49-15-5-2-6-16-49)58-38-32-53-27-26-52-17-7-8-18-59(52)66(53)46-58/h1-47H/q+1. The van der Waals surface area contributed by atoms with Crippen LogP contribution in [0.2, 0.25) is 0 Å². The molecule has 0 saturated carbocycles. The Bertz CT molecular complexity index is 5070. The Labute approximate surface area is 460 Å². The van der Waals surface area contributed by atoms with Crippen LogP contribution >= 0.6 is 0 Å². The topological polar surface area (TPSA) is 49.5 Å². The number of hydrogen-bond donors (Lipinski definition) is 0. The number of fused-ring (bicyclic) bond motifs is 12. The first kappa shape index (κ1) is 45.4. The molecule has 0 bridgehead atoms. The van der Waals surface area contributed by atoms with Crippen LogP contribution in [0.5, 0.6) is 0 Å². The summed E-state index contributed by atoms with van der Waals surface area (Å²) < 4.78 is 16.1. The summed E-state index contributed by atoms with van der Waals surface area (Å²) in [5, 5.41) is 12.5. The summed E-state index contributed by atoms with van der Waals surface area (Å²) in [6, 6.07) is 95.7. The summed E-state index contributed by atoms with van der Waals surface area (Å²) in [5.41, 5.74) is 15.9. The lowest BCUT2D eigenvalue weighted by Gasteiger charge is -2.26. The van der Waals surface area contributed by atoms with Gasteiger partial charge < -0.3 is 18.6 Å². The Morgan fingerprint density at radius 2 is 0.838 bits per heavy atom. The molecule has 0 aliphatic rings. The highest BCUT2D eigenvalue weighted by molar-refractivity contribution is 6.14. The van der Waals surface area contributed by atoms with Crippen LogP contribution in [0.15, 0.2) is 294 Å². The highest BCUT2D eigenvalue weighted by Gasteiger charge is 2.27. The van der Waals surface area contributed by atoms with Gasteiger partial charge in [-0.25, -0.2) is 0 Å². The van der Waals surface area contributed by atoms with Gasteiger partial charge in [0.1, 0.15) is 0 Å². The molecule has 0 N–H and O–H groups in total. The molecule has 0 atom stereocenters. The van der Waals surface area contributed by atoms with Gasteiger partial charge >= 0.3 is 0 Å². The minimum absolute atomic E-state index is 0.759. The van der Waals surface area contributed by atoms with Gasteiger partial charge in [0.2, 0.25) is 5.69 Å². The van der Waals surface area contributed by atoms with Crippen LogP contribution in [0.25, 0.3) is 115 Å². The summed E-state index contributed by atoms with van der Waals surface area (Å²) in [7, 11) is 0. The Balaban J connectivity index is 0.832. The van der Waals surface area contributed by atoms with Gasteiger partial charge in [-0.3, -0.25) is 4.98 Å². The summed E-state index contributed by atoms with van der Waals surface area (Å²) in [6.07, 6.45) is 5.79. The van der Waals surface area contributed by atoms with Gasteiger partial charge in [0.05, 0.1) is 28.3 Å². The van der Waals surface area contributed by atoms with Gasteiger partial charge in [0, 0.05) is 51.9 Å². The lowest BCUT2D eigenvalue weighted by molar-refractivity contribution is -0.564.